The Morgan fingerprint density at radius 3 is 3.00 bits per heavy atom. The summed E-state index contributed by atoms with van der Waals surface area (Å²) in [6, 6.07) is 7.79. The van der Waals surface area contributed by atoms with Crippen LogP contribution >= 0.6 is 11.8 Å². The van der Waals surface area contributed by atoms with Gasteiger partial charge in [-0.1, -0.05) is 37.2 Å². The molecule has 1 atom stereocenters. The summed E-state index contributed by atoms with van der Waals surface area (Å²) in [5.41, 5.74) is 4.08. The second kappa shape index (κ2) is 5.88. The number of nitrogens with two attached hydrogens (primary N) is 1. The van der Waals surface area contributed by atoms with Gasteiger partial charge in [0, 0.05) is 0 Å². The molecule has 4 N–H and O–H groups in total. The number of rotatable bonds is 5. The number of imidazole rings is 1. The molecule has 0 radical (unpaired) electrons. The minimum atomic E-state index is -0.208. The van der Waals surface area contributed by atoms with Crippen LogP contribution in [0.1, 0.15) is 19.8 Å². The summed E-state index contributed by atoms with van der Waals surface area (Å²) >= 11 is 1.41. The molecule has 1 heterocycles. The van der Waals surface area contributed by atoms with Gasteiger partial charge in [0.25, 0.3) is 0 Å². The van der Waals surface area contributed by atoms with Gasteiger partial charge in [0.05, 0.1) is 16.3 Å². The molecule has 1 amide bonds. The number of carbonyl (C=O) groups is 1. The molecule has 0 aliphatic rings. The molecule has 6 heteroatoms. The van der Waals surface area contributed by atoms with Gasteiger partial charge in [-0.3, -0.25) is 10.2 Å². The molecule has 0 saturated heterocycles. The van der Waals surface area contributed by atoms with E-state index < -0.39 is 0 Å². The van der Waals surface area contributed by atoms with Crippen molar-refractivity contribution in [2.24, 2.45) is 5.84 Å². The van der Waals surface area contributed by atoms with Crippen LogP contribution in [0.2, 0.25) is 0 Å². The molecule has 1 aromatic carbocycles. The van der Waals surface area contributed by atoms with Crippen molar-refractivity contribution < 1.29 is 4.79 Å². The summed E-state index contributed by atoms with van der Waals surface area (Å²) in [7, 11) is 0. The van der Waals surface area contributed by atoms with Gasteiger partial charge in [-0.25, -0.2) is 10.8 Å². The third-order valence-corrected chi connectivity index (χ3v) is 3.76. The van der Waals surface area contributed by atoms with E-state index in [1.165, 1.54) is 11.8 Å². The zero-order chi connectivity index (χ0) is 13.0. The minimum Gasteiger partial charge on any atom is -0.333 e. The lowest BCUT2D eigenvalue weighted by atomic mass is 10.2. The normalized spacial score (nSPS) is 12.6. The highest BCUT2D eigenvalue weighted by Gasteiger charge is 2.19. The number of fused-ring (bicyclic) bond motifs is 1. The van der Waals surface area contributed by atoms with E-state index in [1.54, 1.807) is 0 Å². The van der Waals surface area contributed by atoms with Gasteiger partial charge in [-0.15, -0.1) is 0 Å². The second-order valence-corrected chi connectivity index (χ2v) is 5.15. The van der Waals surface area contributed by atoms with E-state index in [1.807, 2.05) is 31.2 Å². The van der Waals surface area contributed by atoms with Crippen molar-refractivity contribution in [2.75, 3.05) is 0 Å². The first-order valence-electron chi connectivity index (χ1n) is 5.86. The zero-order valence-corrected chi connectivity index (χ0v) is 11.0. The molecule has 0 aliphatic heterocycles. The number of para-hydroxylation sites is 2. The predicted octanol–water partition coefficient (Wildman–Crippen LogP) is 1.81. The Kier molecular flexibility index (Phi) is 4.22. The fourth-order valence-corrected chi connectivity index (χ4v) is 2.84. The van der Waals surface area contributed by atoms with Gasteiger partial charge in [0.15, 0.2) is 5.16 Å². The molecule has 0 fully saturated rings. The summed E-state index contributed by atoms with van der Waals surface area (Å²) in [6.45, 7) is 2.04. The fraction of sp³-hybridized carbons (Fsp3) is 0.333. The van der Waals surface area contributed by atoms with Crippen LogP contribution in [0.15, 0.2) is 29.4 Å². The molecule has 18 heavy (non-hydrogen) atoms. The summed E-state index contributed by atoms with van der Waals surface area (Å²) in [5, 5.41) is 0.541. The predicted molar refractivity (Wildman–Crippen MR) is 73.0 cm³/mol. The topological polar surface area (TPSA) is 83.8 Å². The van der Waals surface area contributed by atoms with Crippen LogP contribution < -0.4 is 11.3 Å². The number of amides is 1. The van der Waals surface area contributed by atoms with Crippen molar-refractivity contribution in [3.05, 3.63) is 24.3 Å². The SMILES string of the molecule is CCCC(Sc1nc2ccccc2[nH]1)C(=O)NN. The highest BCUT2D eigenvalue weighted by atomic mass is 32.2. The van der Waals surface area contributed by atoms with Crippen molar-refractivity contribution >= 4 is 28.7 Å². The minimum absolute atomic E-state index is 0.165. The maximum atomic E-state index is 11.6. The maximum Gasteiger partial charge on any atom is 0.247 e. The molecule has 1 aromatic heterocycles. The molecule has 0 spiro atoms. The number of H-pyrrole nitrogens is 1. The average Bonchev–Trinajstić information content (AvgIpc) is 2.79. The second-order valence-electron chi connectivity index (χ2n) is 3.96. The average molecular weight is 264 g/mol. The number of benzene rings is 1. The van der Waals surface area contributed by atoms with Crippen molar-refractivity contribution in [3.8, 4) is 0 Å². The molecule has 2 aromatic rings. The summed E-state index contributed by atoms with van der Waals surface area (Å²) in [5.74, 6) is 5.02. The monoisotopic (exact) mass is 264 g/mol. The van der Waals surface area contributed by atoms with Crippen molar-refractivity contribution in [2.45, 2.75) is 30.2 Å². The molecule has 5 nitrogen and oxygen atoms in total. The molecule has 96 valence electrons. The van der Waals surface area contributed by atoms with Crippen molar-refractivity contribution in [3.63, 3.8) is 0 Å². The molecular weight excluding hydrogens is 248 g/mol. The van der Waals surface area contributed by atoms with Crippen LogP contribution in [0, 0.1) is 0 Å². The van der Waals surface area contributed by atoms with Gasteiger partial charge in [-0.2, -0.15) is 0 Å². The lowest BCUT2D eigenvalue weighted by molar-refractivity contribution is -0.120. The number of nitrogens with zero attached hydrogens (tertiary/aromatic N) is 1. The van der Waals surface area contributed by atoms with E-state index in [0.717, 1.165) is 29.0 Å². The van der Waals surface area contributed by atoms with Gasteiger partial charge in [-0.05, 0) is 18.6 Å². The summed E-state index contributed by atoms with van der Waals surface area (Å²) in [6.07, 6.45) is 1.69. The Balaban J connectivity index is 2.17. The van der Waals surface area contributed by atoms with Crippen molar-refractivity contribution in [1.29, 1.82) is 0 Å². The first-order chi connectivity index (χ1) is 8.74. The number of nitrogens with one attached hydrogen (secondary N) is 2. The number of aromatic nitrogens is 2. The Morgan fingerprint density at radius 1 is 1.56 bits per heavy atom. The third-order valence-electron chi connectivity index (χ3n) is 2.61. The van der Waals surface area contributed by atoms with Gasteiger partial charge in [0.1, 0.15) is 0 Å². The summed E-state index contributed by atoms with van der Waals surface area (Å²) in [4.78, 5) is 19.3. The van der Waals surface area contributed by atoms with Crippen molar-refractivity contribution in [1.82, 2.24) is 15.4 Å². The van der Waals surface area contributed by atoms with Crippen LogP contribution in [0.5, 0.6) is 0 Å². The van der Waals surface area contributed by atoms with Gasteiger partial charge < -0.3 is 4.98 Å². The molecule has 2 rings (SSSR count). The Bertz CT molecular complexity index is 507. The number of thioether (sulfide) groups is 1. The standard InChI is InChI=1S/C12H16N4OS/c1-2-5-10(11(17)16-13)18-12-14-8-6-3-4-7-9(8)15-12/h3-4,6-7,10H,2,5,13H2,1H3,(H,14,15)(H,16,17). The Hall–Kier alpha value is -1.53. The Labute approximate surface area is 110 Å². The number of carbonyl (C=O) groups excluding carboxylic acids is 1. The zero-order valence-electron chi connectivity index (χ0n) is 10.1. The molecule has 0 bridgehead atoms. The highest BCUT2D eigenvalue weighted by Crippen LogP contribution is 2.26. The van der Waals surface area contributed by atoms with Crippen LogP contribution in [0.25, 0.3) is 11.0 Å². The van der Waals surface area contributed by atoms with Crippen LogP contribution in [0.4, 0.5) is 0 Å². The summed E-state index contributed by atoms with van der Waals surface area (Å²) < 4.78 is 0. The smallest absolute Gasteiger partial charge is 0.247 e. The van der Waals surface area contributed by atoms with E-state index in [-0.39, 0.29) is 11.2 Å². The number of hydrogen-bond donors (Lipinski definition) is 3. The molecule has 0 aliphatic carbocycles. The van der Waals surface area contributed by atoms with E-state index in [9.17, 15) is 4.79 Å². The first kappa shape index (κ1) is 12.9. The molecule has 1 unspecified atom stereocenters. The number of hydrazine groups is 1. The van der Waals surface area contributed by atoms with Crippen LogP contribution in [0.3, 0.4) is 0 Å². The van der Waals surface area contributed by atoms with E-state index in [4.69, 9.17) is 5.84 Å². The quantitative estimate of drug-likeness (QED) is 0.333. The Morgan fingerprint density at radius 2 is 2.33 bits per heavy atom. The number of hydrogen-bond acceptors (Lipinski definition) is 4. The first-order valence-corrected chi connectivity index (χ1v) is 6.74. The molecule has 0 saturated carbocycles. The van der Waals surface area contributed by atoms with Crippen LogP contribution in [-0.2, 0) is 4.79 Å². The fourth-order valence-electron chi connectivity index (χ4n) is 1.72. The number of aromatic amines is 1. The van der Waals surface area contributed by atoms with E-state index in [2.05, 4.69) is 15.4 Å². The van der Waals surface area contributed by atoms with Crippen LogP contribution in [-0.4, -0.2) is 21.1 Å². The molecular formula is C12H16N4OS. The highest BCUT2D eigenvalue weighted by molar-refractivity contribution is 8.00. The van der Waals surface area contributed by atoms with Gasteiger partial charge >= 0.3 is 0 Å². The van der Waals surface area contributed by atoms with E-state index in [0.29, 0.717) is 0 Å². The van der Waals surface area contributed by atoms with Gasteiger partial charge in [0.2, 0.25) is 5.91 Å². The largest absolute Gasteiger partial charge is 0.333 e. The lowest BCUT2D eigenvalue weighted by Gasteiger charge is -2.11. The lowest BCUT2D eigenvalue weighted by Crippen LogP contribution is -2.37. The maximum absolute atomic E-state index is 11.6. The third kappa shape index (κ3) is 2.83. The van der Waals surface area contributed by atoms with E-state index >= 15 is 0 Å².